The molecule has 1 aromatic rings. The first-order chi connectivity index (χ1) is 9.20. The molecule has 0 heterocycles. The summed E-state index contributed by atoms with van der Waals surface area (Å²) in [5.74, 6) is 1.05. The molecule has 0 saturated heterocycles. The molecule has 1 aromatic carbocycles. The average Bonchev–Trinajstić information content (AvgIpc) is 3.22. The van der Waals surface area contributed by atoms with Gasteiger partial charge in [-0.05, 0) is 30.9 Å². The van der Waals surface area contributed by atoms with Crippen LogP contribution in [0.5, 0.6) is 5.75 Å². The molecule has 5 heteroatoms. The molecule has 0 unspecified atom stereocenters. The van der Waals surface area contributed by atoms with Crippen LogP contribution in [0.4, 0.5) is 5.69 Å². The summed E-state index contributed by atoms with van der Waals surface area (Å²) in [6.45, 7) is 1.85. The third kappa shape index (κ3) is 4.13. The molecule has 0 spiro atoms. The van der Waals surface area contributed by atoms with Crippen molar-refractivity contribution < 1.29 is 14.3 Å². The molecule has 104 valence electrons. The Labute approximate surface area is 113 Å². The van der Waals surface area contributed by atoms with Crippen molar-refractivity contribution in [2.45, 2.75) is 12.8 Å². The van der Waals surface area contributed by atoms with Crippen LogP contribution in [0.15, 0.2) is 18.2 Å². The predicted octanol–water partition coefficient (Wildman–Crippen LogP) is 1.43. The fourth-order valence-corrected chi connectivity index (χ4v) is 1.76. The van der Waals surface area contributed by atoms with Gasteiger partial charge in [-0.15, -0.1) is 0 Å². The van der Waals surface area contributed by atoms with E-state index in [9.17, 15) is 4.79 Å². The Balaban J connectivity index is 1.78. The lowest BCUT2D eigenvalue weighted by molar-refractivity contribution is 0.0904. The molecule has 0 radical (unpaired) electrons. The van der Waals surface area contributed by atoms with Gasteiger partial charge >= 0.3 is 0 Å². The van der Waals surface area contributed by atoms with Gasteiger partial charge in [-0.25, -0.2) is 0 Å². The number of rotatable bonds is 7. The number of carbonyl (C=O) groups excluding carboxylic acids is 1. The smallest absolute Gasteiger partial charge is 0.255 e. The van der Waals surface area contributed by atoms with E-state index in [4.69, 9.17) is 15.2 Å². The van der Waals surface area contributed by atoms with Crippen LogP contribution in [0, 0.1) is 5.92 Å². The van der Waals surface area contributed by atoms with Crippen LogP contribution in [0.25, 0.3) is 0 Å². The minimum Gasteiger partial charge on any atom is -0.496 e. The van der Waals surface area contributed by atoms with E-state index in [1.807, 2.05) is 0 Å². The number of benzene rings is 1. The van der Waals surface area contributed by atoms with E-state index in [0.29, 0.717) is 30.2 Å². The highest BCUT2D eigenvalue weighted by atomic mass is 16.5. The molecule has 2 rings (SSSR count). The maximum Gasteiger partial charge on any atom is 0.255 e. The maximum absolute atomic E-state index is 12.0. The molecule has 19 heavy (non-hydrogen) atoms. The first kappa shape index (κ1) is 13.7. The third-order valence-corrected chi connectivity index (χ3v) is 3.05. The number of ether oxygens (including phenoxy) is 2. The topological polar surface area (TPSA) is 73.6 Å². The summed E-state index contributed by atoms with van der Waals surface area (Å²) < 4.78 is 10.6. The summed E-state index contributed by atoms with van der Waals surface area (Å²) in [5.41, 5.74) is 6.70. The van der Waals surface area contributed by atoms with Gasteiger partial charge in [-0.3, -0.25) is 4.79 Å². The van der Waals surface area contributed by atoms with Crippen molar-refractivity contribution in [2.24, 2.45) is 5.92 Å². The second kappa shape index (κ2) is 6.43. The van der Waals surface area contributed by atoms with Crippen molar-refractivity contribution in [3.63, 3.8) is 0 Å². The third-order valence-electron chi connectivity index (χ3n) is 3.05. The van der Waals surface area contributed by atoms with Gasteiger partial charge in [0.2, 0.25) is 0 Å². The Bertz CT molecular complexity index is 444. The molecular formula is C14H20N2O3. The summed E-state index contributed by atoms with van der Waals surface area (Å²) in [5, 5.41) is 2.80. The minimum atomic E-state index is -0.174. The zero-order chi connectivity index (χ0) is 13.7. The van der Waals surface area contributed by atoms with Crippen LogP contribution in [-0.4, -0.2) is 32.8 Å². The van der Waals surface area contributed by atoms with Crippen LogP contribution in [0.3, 0.4) is 0 Å². The molecule has 0 aliphatic heterocycles. The number of nitrogens with one attached hydrogen (secondary N) is 1. The van der Waals surface area contributed by atoms with Gasteiger partial charge in [0, 0.05) is 24.9 Å². The molecule has 1 aliphatic carbocycles. The van der Waals surface area contributed by atoms with Gasteiger partial charge in [0.25, 0.3) is 5.91 Å². The van der Waals surface area contributed by atoms with E-state index in [1.165, 1.54) is 20.0 Å². The summed E-state index contributed by atoms with van der Waals surface area (Å²) >= 11 is 0. The number of anilines is 1. The Morgan fingerprint density at radius 1 is 1.47 bits per heavy atom. The molecule has 5 nitrogen and oxygen atoms in total. The van der Waals surface area contributed by atoms with Crippen LogP contribution < -0.4 is 15.8 Å². The highest BCUT2D eigenvalue weighted by Crippen LogP contribution is 2.28. The molecule has 1 fully saturated rings. The molecule has 1 amide bonds. The summed E-state index contributed by atoms with van der Waals surface area (Å²) in [7, 11) is 1.52. The van der Waals surface area contributed by atoms with Gasteiger partial charge in [-0.1, -0.05) is 0 Å². The number of amides is 1. The predicted molar refractivity (Wildman–Crippen MR) is 73.3 cm³/mol. The quantitative estimate of drug-likeness (QED) is 0.577. The first-order valence-corrected chi connectivity index (χ1v) is 6.50. The van der Waals surface area contributed by atoms with E-state index < -0.39 is 0 Å². The number of hydrogen-bond acceptors (Lipinski definition) is 4. The Morgan fingerprint density at radius 3 is 2.95 bits per heavy atom. The highest BCUT2D eigenvalue weighted by molar-refractivity contribution is 5.97. The minimum absolute atomic E-state index is 0.174. The van der Waals surface area contributed by atoms with Crippen LogP contribution in [0.1, 0.15) is 23.2 Å². The Hall–Kier alpha value is -1.75. The summed E-state index contributed by atoms with van der Waals surface area (Å²) in [6.07, 6.45) is 2.55. The van der Waals surface area contributed by atoms with Crippen molar-refractivity contribution in [2.75, 3.05) is 32.6 Å². The zero-order valence-electron chi connectivity index (χ0n) is 11.1. The lowest BCUT2D eigenvalue weighted by atomic mass is 10.1. The fraction of sp³-hybridized carbons (Fsp3) is 0.500. The van der Waals surface area contributed by atoms with Gasteiger partial charge in [0.15, 0.2) is 0 Å². The van der Waals surface area contributed by atoms with Crippen molar-refractivity contribution in [1.82, 2.24) is 5.32 Å². The second-order valence-electron chi connectivity index (χ2n) is 4.73. The lowest BCUT2D eigenvalue weighted by Gasteiger charge is -2.10. The first-order valence-electron chi connectivity index (χ1n) is 6.50. The molecule has 0 bridgehead atoms. The SMILES string of the molecule is COc1cc(N)ccc1C(=O)NCCOCC1CC1. The number of hydrogen-bond donors (Lipinski definition) is 2. The van der Waals surface area contributed by atoms with Gasteiger partial charge in [-0.2, -0.15) is 0 Å². The number of methoxy groups -OCH3 is 1. The average molecular weight is 264 g/mol. The van der Waals surface area contributed by atoms with Crippen molar-refractivity contribution >= 4 is 11.6 Å². The number of nitrogen functional groups attached to an aromatic ring is 1. The summed E-state index contributed by atoms with van der Waals surface area (Å²) in [6, 6.07) is 4.98. The van der Waals surface area contributed by atoms with E-state index in [1.54, 1.807) is 18.2 Å². The Morgan fingerprint density at radius 2 is 2.26 bits per heavy atom. The zero-order valence-corrected chi connectivity index (χ0v) is 11.1. The van der Waals surface area contributed by atoms with Gasteiger partial charge in [0.1, 0.15) is 5.75 Å². The maximum atomic E-state index is 12.0. The van der Waals surface area contributed by atoms with Gasteiger partial charge < -0.3 is 20.5 Å². The van der Waals surface area contributed by atoms with E-state index in [0.717, 1.165) is 12.5 Å². The van der Waals surface area contributed by atoms with Crippen LogP contribution in [0.2, 0.25) is 0 Å². The van der Waals surface area contributed by atoms with Crippen molar-refractivity contribution in [1.29, 1.82) is 0 Å². The number of nitrogens with two attached hydrogens (primary N) is 1. The molecule has 0 aromatic heterocycles. The van der Waals surface area contributed by atoms with Crippen LogP contribution in [-0.2, 0) is 4.74 Å². The van der Waals surface area contributed by atoms with Crippen molar-refractivity contribution in [3.8, 4) is 5.75 Å². The lowest BCUT2D eigenvalue weighted by Crippen LogP contribution is -2.27. The van der Waals surface area contributed by atoms with E-state index in [-0.39, 0.29) is 5.91 Å². The molecular weight excluding hydrogens is 244 g/mol. The molecule has 3 N–H and O–H groups in total. The Kier molecular flexibility index (Phi) is 4.63. The normalized spacial score (nSPS) is 14.2. The van der Waals surface area contributed by atoms with Gasteiger partial charge in [0.05, 0.1) is 19.3 Å². The van der Waals surface area contributed by atoms with Crippen LogP contribution >= 0.6 is 0 Å². The number of carbonyl (C=O) groups is 1. The van der Waals surface area contributed by atoms with E-state index >= 15 is 0 Å². The molecule has 1 saturated carbocycles. The fourth-order valence-electron chi connectivity index (χ4n) is 1.76. The molecule has 0 atom stereocenters. The standard InChI is InChI=1S/C14H20N2O3/c1-18-13-8-11(15)4-5-12(13)14(17)16-6-7-19-9-10-2-3-10/h4-5,8,10H,2-3,6-7,9,15H2,1H3,(H,16,17). The second-order valence-corrected chi connectivity index (χ2v) is 4.73. The largest absolute Gasteiger partial charge is 0.496 e. The van der Waals surface area contributed by atoms with E-state index in [2.05, 4.69) is 5.32 Å². The summed E-state index contributed by atoms with van der Waals surface area (Å²) in [4.78, 5) is 12.0. The monoisotopic (exact) mass is 264 g/mol. The van der Waals surface area contributed by atoms with Crippen molar-refractivity contribution in [3.05, 3.63) is 23.8 Å². The molecule has 1 aliphatic rings. The highest BCUT2D eigenvalue weighted by Gasteiger charge is 2.21.